The molecule has 1 aliphatic heterocycles. The monoisotopic (exact) mass is 152 g/mol. The zero-order valence-corrected chi connectivity index (χ0v) is 6.42. The van der Waals surface area contributed by atoms with Crippen LogP contribution in [-0.4, -0.2) is 18.1 Å². The van der Waals surface area contributed by atoms with Gasteiger partial charge < -0.3 is 9.73 Å². The van der Waals surface area contributed by atoms with Crippen LogP contribution < -0.4 is 5.32 Å². The zero-order valence-electron chi connectivity index (χ0n) is 6.42. The van der Waals surface area contributed by atoms with Gasteiger partial charge >= 0.3 is 0 Å². The molecule has 11 heavy (non-hydrogen) atoms. The molecule has 0 aromatic carbocycles. The van der Waals surface area contributed by atoms with Crippen molar-refractivity contribution in [1.29, 1.82) is 0 Å². The highest BCUT2D eigenvalue weighted by molar-refractivity contribution is 5.03. The highest BCUT2D eigenvalue weighted by atomic mass is 16.3. The Hall–Kier alpha value is -0.830. The summed E-state index contributed by atoms with van der Waals surface area (Å²) in [5, 5.41) is 3.34. The highest BCUT2D eigenvalue weighted by Crippen LogP contribution is 2.20. The molecular formula is C8H12N2O. The molecule has 0 amide bonds. The first-order valence-corrected chi connectivity index (χ1v) is 4.05. The van der Waals surface area contributed by atoms with Crippen LogP contribution in [0.2, 0.25) is 0 Å². The maximum absolute atomic E-state index is 4.93. The molecule has 0 unspecified atom stereocenters. The van der Waals surface area contributed by atoms with Gasteiger partial charge in [0.2, 0.25) is 0 Å². The molecule has 1 atom stereocenters. The topological polar surface area (TPSA) is 38.1 Å². The van der Waals surface area contributed by atoms with Gasteiger partial charge in [0.25, 0.3) is 0 Å². The summed E-state index contributed by atoms with van der Waals surface area (Å²) < 4.78 is 4.93. The lowest BCUT2D eigenvalue weighted by Crippen LogP contribution is -2.28. The minimum Gasteiger partial charge on any atom is -0.451 e. The predicted octanol–water partition coefficient (Wildman–Crippen LogP) is 1.14. The van der Waals surface area contributed by atoms with E-state index in [1.807, 2.05) is 0 Å². The molecule has 1 aliphatic rings. The van der Waals surface area contributed by atoms with Gasteiger partial charge in [-0.25, -0.2) is 4.98 Å². The molecule has 2 rings (SSSR count). The fraction of sp³-hybridized carbons (Fsp3) is 0.625. The Morgan fingerprint density at radius 3 is 3.27 bits per heavy atom. The molecule has 1 N–H and O–H groups in total. The summed E-state index contributed by atoms with van der Waals surface area (Å²) in [7, 11) is 0. The SMILES string of the molecule is c1nc([C@H]2CCCNC2)co1. The average molecular weight is 152 g/mol. The summed E-state index contributed by atoms with van der Waals surface area (Å²) in [6.45, 7) is 2.20. The number of hydrogen-bond acceptors (Lipinski definition) is 3. The quantitative estimate of drug-likeness (QED) is 0.655. The molecule has 1 aromatic heterocycles. The summed E-state index contributed by atoms with van der Waals surface area (Å²) in [6, 6.07) is 0. The minimum absolute atomic E-state index is 0.572. The molecule has 1 fully saturated rings. The lowest BCUT2D eigenvalue weighted by molar-refractivity contribution is 0.453. The van der Waals surface area contributed by atoms with Crippen LogP contribution in [0.3, 0.4) is 0 Å². The van der Waals surface area contributed by atoms with Gasteiger partial charge in [-0.05, 0) is 19.4 Å². The Bertz CT molecular complexity index is 202. The number of oxazole rings is 1. The number of aromatic nitrogens is 1. The third-order valence-corrected chi connectivity index (χ3v) is 2.17. The Morgan fingerprint density at radius 1 is 1.64 bits per heavy atom. The molecule has 0 radical (unpaired) electrons. The zero-order chi connectivity index (χ0) is 7.52. The van der Waals surface area contributed by atoms with Gasteiger partial charge in [-0.1, -0.05) is 0 Å². The van der Waals surface area contributed by atoms with E-state index in [1.54, 1.807) is 6.26 Å². The van der Waals surface area contributed by atoms with Gasteiger partial charge in [0.1, 0.15) is 6.26 Å². The van der Waals surface area contributed by atoms with Crippen molar-refractivity contribution < 1.29 is 4.42 Å². The first kappa shape index (κ1) is 6.85. The average Bonchev–Trinajstić information content (AvgIpc) is 2.58. The summed E-state index contributed by atoms with van der Waals surface area (Å²) in [4.78, 5) is 4.13. The molecule has 0 bridgehead atoms. The van der Waals surface area contributed by atoms with E-state index in [4.69, 9.17) is 4.42 Å². The normalized spacial score (nSPS) is 25.3. The van der Waals surface area contributed by atoms with Gasteiger partial charge in [-0.3, -0.25) is 0 Å². The van der Waals surface area contributed by atoms with E-state index >= 15 is 0 Å². The summed E-state index contributed by atoms with van der Waals surface area (Å²) in [5.41, 5.74) is 1.09. The van der Waals surface area contributed by atoms with Crippen LogP contribution >= 0.6 is 0 Å². The summed E-state index contributed by atoms with van der Waals surface area (Å²) >= 11 is 0. The molecule has 1 saturated heterocycles. The lowest BCUT2D eigenvalue weighted by Gasteiger charge is -2.20. The maximum atomic E-state index is 4.93. The minimum atomic E-state index is 0.572. The molecular weight excluding hydrogens is 140 g/mol. The lowest BCUT2D eigenvalue weighted by atomic mass is 9.97. The van der Waals surface area contributed by atoms with Crippen LogP contribution in [0.1, 0.15) is 24.5 Å². The summed E-state index contributed by atoms with van der Waals surface area (Å²) in [5.74, 6) is 0.572. The van der Waals surface area contributed by atoms with Gasteiger partial charge in [-0.15, -0.1) is 0 Å². The number of nitrogens with zero attached hydrogens (tertiary/aromatic N) is 1. The van der Waals surface area contributed by atoms with Crippen molar-refractivity contribution in [3.63, 3.8) is 0 Å². The molecule has 60 valence electrons. The van der Waals surface area contributed by atoms with E-state index in [0.717, 1.165) is 18.8 Å². The van der Waals surface area contributed by atoms with Crippen LogP contribution in [0.5, 0.6) is 0 Å². The Balaban J connectivity index is 2.04. The van der Waals surface area contributed by atoms with Crippen molar-refractivity contribution in [2.45, 2.75) is 18.8 Å². The highest BCUT2D eigenvalue weighted by Gasteiger charge is 2.16. The van der Waals surface area contributed by atoms with Gasteiger partial charge in [0.05, 0.1) is 5.69 Å². The number of piperidine rings is 1. The van der Waals surface area contributed by atoms with Crippen molar-refractivity contribution in [3.8, 4) is 0 Å². The van der Waals surface area contributed by atoms with Gasteiger partial charge in [0, 0.05) is 12.5 Å². The van der Waals surface area contributed by atoms with Crippen LogP contribution in [0, 0.1) is 0 Å². The van der Waals surface area contributed by atoms with E-state index < -0.39 is 0 Å². The standard InChI is InChI=1S/C8H12N2O/c1-2-7(4-9-3-1)8-5-11-6-10-8/h5-7,9H,1-4H2/t7-/m0/s1. The molecule has 2 heterocycles. The first-order valence-electron chi connectivity index (χ1n) is 4.05. The van der Waals surface area contributed by atoms with Crippen molar-refractivity contribution in [3.05, 3.63) is 18.4 Å². The third-order valence-electron chi connectivity index (χ3n) is 2.17. The van der Waals surface area contributed by atoms with Crippen molar-refractivity contribution in [2.24, 2.45) is 0 Å². The van der Waals surface area contributed by atoms with Gasteiger partial charge in [0.15, 0.2) is 6.39 Å². The molecule has 3 heteroatoms. The third kappa shape index (κ3) is 1.43. The Kier molecular flexibility index (Phi) is 1.90. The molecule has 0 saturated carbocycles. The Labute approximate surface area is 65.8 Å². The molecule has 0 spiro atoms. The van der Waals surface area contributed by atoms with Crippen LogP contribution in [0.4, 0.5) is 0 Å². The van der Waals surface area contributed by atoms with E-state index in [-0.39, 0.29) is 0 Å². The second-order valence-electron chi connectivity index (χ2n) is 2.96. The number of hydrogen-bond donors (Lipinski definition) is 1. The molecule has 0 aliphatic carbocycles. The van der Waals surface area contributed by atoms with E-state index in [2.05, 4.69) is 10.3 Å². The van der Waals surface area contributed by atoms with Crippen molar-refractivity contribution >= 4 is 0 Å². The van der Waals surface area contributed by atoms with Crippen molar-refractivity contribution in [2.75, 3.05) is 13.1 Å². The fourth-order valence-corrected chi connectivity index (χ4v) is 1.53. The Morgan fingerprint density at radius 2 is 2.64 bits per heavy atom. The largest absolute Gasteiger partial charge is 0.451 e. The fourth-order valence-electron chi connectivity index (χ4n) is 1.53. The van der Waals surface area contributed by atoms with E-state index in [9.17, 15) is 0 Å². The number of rotatable bonds is 1. The number of nitrogens with one attached hydrogen (secondary N) is 1. The first-order chi connectivity index (χ1) is 5.47. The maximum Gasteiger partial charge on any atom is 0.180 e. The van der Waals surface area contributed by atoms with E-state index in [1.165, 1.54) is 19.2 Å². The van der Waals surface area contributed by atoms with E-state index in [0.29, 0.717) is 5.92 Å². The second kappa shape index (κ2) is 3.05. The van der Waals surface area contributed by atoms with Gasteiger partial charge in [-0.2, -0.15) is 0 Å². The van der Waals surface area contributed by atoms with Crippen LogP contribution in [0.15, 0.2) is 17.1 Å². The van der Waals surface area contributed by atoms with Crippen molar-refractivity contribution in [1.82, 2.24) is 10.3 Å². The van der Waals surface area contributed by atoms with Crippen LogP contribution in [-0.2, 0) is 0 Å². The predicted molar refractivity (Wildman–Crippen MR) is 41.3 cm³/mol. The smallest absolute Gasteiger partial charge is 0.180 e. The second-order valence-corrected chi connectivity index (χ2v) is 2.96. The summed E-state index contributed by atoms with van der Waals surface area (Å²) in [6.07, 6.45) is 5.73. The molecule has 3 nitrogen and oxygen atoms in total. The molecule has 1 aromatic rings. The van der Waals surface area contributed by atoms with Crippen LogP contribution in [0.25, 0.3) is 0 Å².